The molecule has 3 aromatic rings. The van der Waals surface area contributed by atoms with Gasteiger partial charge in [-0.05, 0) is 43.7 Å². The lowest BCUT2D eigenvalue weighted by atomic mass is 10.1. The van der Waals surface area contributed by atoms with Crippen LogP contribution in [0.1, 0.15) is 26.5 Å². The number of hydrogen-bond donors (Lipinski definition) is 1. The van der Waals surface area contributed by atoms with Gasteiger partial charge < -0.3 is 10.1 Å². The number of hydrogen-bond acceptors (Lipinski definition) is 5. The second-order valence-electron chi connectivity index (χ2n) is 6.12. The summed E-state index contributed by atoms with van der Waals surface area (Å²) in [5.41, 5.74) is 3.87. The van der Waals surface area contributed by atoms with Gasteiger partial charge in [-0.1, -0.05) is 35.5 Å². The molecule has 0 saturated heterocycles. The van der Waals surface area contributed by atoms with E-state index >= 15 is 0 Å². The van der Waals surface area contributed by atoms with Crippen LogP contribution in [0, 0.1) is 13.8 Å². The fourth-order valence-corrected chi connectivity index (χ4v) is 4.45. The van der Waals surface area contributed by atoms with Crippen LogP contribution in [0.2, 0.25) is 0 Å². The highest BCUT2D eigenvalue weighted by Gasteiger charge is 2.16. The number of carbonyl (C=O) groups is 1. The third kappa shape index (κ3) is 4.64. The zero-order valence-corrected chi connectivity index (χ0v) is 17.0. The molecule has 0 unspecified atom stereocenters. The Bertz CT molecular complexity index is 992. The minimum absolute atomic E-state index is 0.291. The molecule has 0 fully saturated rings. The minimum Gasteiger partial charge on any atom is -0.477 e. The van der Waals surface area contributed by atoms with Gasteiger partial charge in [0.25, 0.3) is 0 Å². The summed E-state index contributed by atoms with van der Waals surface area (Å²) in [5.74, 6) is -0.930. The Balaban J connectivity index is 1.97. The van der Waals surface area contributed by atoms with Gasteiger partial charge >= 0.3 is 5.97 Å². The molecule has 0 aliphatic carbocycles. The fourth-order valence-electron chi connectivity index (χ4n) is 2.61. The molecule has 0 aliphatic rings. The first-order chi connectivity index (χ1) is 13.0. The molecule has 6 heteroatoms. The van der Waals surface area contributed by atoms with Gasteiger partial charge in [-0.2, -0.15) is 0 Å². The zero-order chi connectivity index (χ0) is 19.4. The van der Waals surface area contributed by atoms with Gasteiger partial charge in [0.2, 0.25) is 0 Å². The first-order valence-corrected chi connectivity index (χ1v) is 10.1. The lowest BCUT2D eigenvalue weighted by Gasteiger charge is -2.10. The van der Waals surface area contributed by atoms with Crippen molar-refractivity contribution < 1.29 is 9.90 Å². The van der Waals surface area contributed by atoms with Crippen molar-refractivity contribution >= 4 is 35.3 Å². The molecule has 2 aromatic carbocycles. The molecular weight excluding hydrogens is 376 g/mol. The molecule has 0 amide bonds. The molecule has 0 spiro atoms. The third-order valence-corrected chi connectivity index (χ3v) is 6.36. The first kappa shape index (κ1) is 19.3. The maximum atomic E-state index is 11.3. The van der Waals surface area contributed by atoms with E-state index in [0.717, 1.165) is 21.0 Å². The number of aliphatic imine (C=N–C) groups is 1. The van der Waals surface area contributed by atoms with Crippen LogP contribution in [0.25, 0.3) is 10.6 Å². The first-order valence-electron chi connectivity index (χ1n) is 8.47. The molecule has 1 aromatic heterocycles. The van der Waals surface area contributed by atoms with E-state index in [-0.39, 0.29) is 0 Å². The Morgan fingerprint density at radius 3 is 2.59 bits per heavy atom. The van der Waals surface area contributed by atoms with Gasteiger partial charge in [0.05, 0.1) is 5.69 Å². The summed E-state index contributed by atoms with van der Waals surface area (Å²) in [6.07, 6.45) is 2.60. The predicted molar refractivity (Wildman–Crippen MR) is 113 cm³/mol. The number of thiazole rings is 1. The average molecular weight is 397 g/mol. The number of rotatable bonds is 6. The second-order valence-corrected chi connectivity index (χ2v) is 8.24. The number of nitrogens with zero attached hydrogens (tertiary/aromatic N) is 2. The van der Waals surface area contributed by atoms with Crippen LogP contribution in [0.5, 0.6) is 0 Å². The Kier molecular flexibility index (Phi) is 6.08. The van der Waals surface area contributed by atoms with E-state index in [4.69, 9.17) is 0 Å². The summed E-state index contributed by atoms with van der Waals surface area (Å²) in [5, 5.41) is 10.0. The van der Waals surface area contributed by atoms with Crippen molar-refractivity contribution in [3.05, 3.63) is 64.2 Å². The number of carboxylic acid groups (broad SMARTS) is 1. The van der Waals surface area contributed by atoms with Gasteiger partial charge in [0.15, 0.2) is 0 Å². The maximum absolute atomic E-state index is 11.3. The topological polar surface area (TPSA) is 62.5 Å². The van der Waals surface area contributed by atoms with Crippen molar-refractivity contribution in [2.24, 2.45) is 4.99 Å². The average Bonchev–Trinajstić information content (AvgIpc) is 3.04. The lowest BCUT2D eigenvalue weighted by Crippen LogP contribution is -1.94. The highest BCUT2D eigenvalue weighted by atomic mass is 32.2. The van der Waals surface area contributed by atoms with Crippen molar-refractivity contribution in [2.75, 3.05) is 7.05 Å². The molecule has 27 heavy (non-hydrogen) atoms. The van der Waals surface area contributed by atoms with Crippen molar-refractivity contribution in [3.63, 3.8) is 0 Å². The van der Waals surface area contributed by atoms with Crippen LogP contribution < -0.4 is 0 Å². The van der Waals surface area contributed by atoms with Gasteiger partial charge in [-0.3, -0.25) is 0 Å². The monoisotopic (exact) mass is 396 g/mol. The molecule has 4 nitrogen and oxygen atoms in total. The Hall–Kier alpha value is -2.44. The molecule has 1 N–H and O–H groups in total. The summed E-state index contributed by atoms with van der Waals surface area (Å²) >= 11 is 2.93. The van der Waals surface area contributed by atoms with E-state index < -0.39 is 5.97 Å². The van der Waals surface area contributed by atoms with Gasteiger partial charge in [0, 0.05) is 35.0 Å². The normalized spacial score (nSPS) is 11.2. The smallest absolute Gasteiger partial charge is 0.347 e. The summed E-state index contributed by atoms with van der Waals surface area (Å²) < 4.78 is 0. The lowest BCUT2D eigenvalue weighted by molar-refractivity contribution is 0.0701. The minimum atomic E-state index is -0.930. The van der Waals surface area contributed by atoms with Crippen molar-refractivity contribution in [1.82, 2.24) is 4.98 Å². The number of carboxylic acids is 1. The third-order valence-electron chi connectivity index (χ3n) is 4.04. The van der Waals surface area contributed by atoms with Crippen LogP contribution in [-0.2, 0) is 6.42 Å². The standard InChI is InChI=1S/C21H20N2O2S2/c1-13-4-7-17(8-5-13)26-18-9-6-16(12-15(18)10-11-22-3)20-23-14(2)19(27-20)21(24)25/h4-9,11-12H,10H2,1-3H3,(H,24,25)/b22-11-. The van der Waals surface area contributed by atoms with E-state index in [1.807, 2.05) is 12.3 Å². The molecule has 0 bridgehead atoms. The molecule has 0 radical (unpaired) electrons. The number of aromatic carboxylic acids is 1. The largest absolute Gasteiger partial charge is 0.477 e. The summed E-state index contributed by atoms with van der Waals surface area (Å²) in [4.78, 5) is 22.5. The van der Waals surface area contributed by atoms with Crippen molar-refractivity contribution in [3.8, 4) is 10.6 Å². The summed E-state index contributed by atoms with van der Waals surface area (Å²) in [6, 6.07) is 14.6. The Morgan fingerprint density at radius 2 is 1.96 bits per heavy atom. The van der Waals surface area contributed by atoms with Crippen LogP contribution in [-0.4, -0.2) is 29.3 Å². The number of aryl methyl sites for hydroxylation is 2. The van der Waals surface area contributed by atoms with Crippen molar-refractivity contribution in [1.29, 1.82) is 0 Å². The van der Waals surface area contributed by atoms with Crippen molar-refractivity contribution in [2.45, 2.75) is 30.1 Å². The van der Waals surface area contributed by atoms with Crippen LogP contribution in [0.15, 0.2) is 57.2 Å². The van der Waals surface area contributed by atoms with E-state index in [1.165, 1.54) is 21.8 Å². The number of benzene rings is 2. The summed E-state index contributed by atoms with van der Waals surface area (Å²) in [6.45, 7) is 3.81. The molecule has 0 aliphatic heterocycles. The SMILES string of the molecule is C/N=C\Cc1cc(-c2nc(C)c(C(=O)O)s2)ccc1Sc1ccc(C)cc1. The van der Waals surface area contributed by atoms with E-state index in [1.54, 1.807) is 25.7 Å². The quantitative estimate of drug-likeness (QED) is 0.557. The molecule has 1 heterocycles. The molecule has 138 valence electrons. The highest BCUT2D eigenvalue weighted by Crippen LogP contribution is 2.35. The fraction of sp³-hybridized carbons (Fsp3) is 0.190. The number of aromatic nitrogens is 1. The molecule has 3 rings (SSSR count). The Labute approximate surface area is 167 Å². The van der Waals surface area contributed by atoms with E-state index in [0.29, 0.717) is 17.0 Å². The van der Waals surface area contributed by atoms with Crippen LogP contribution in [0.3, 0.4) is 0 Å². The zero-order valence-electron chi connectivity index (χ0n) is 15.4. The van der Waals surface area contributed by atoms with Crippen LogP contribution >= 0.6 is 23.1 Å². The Morgan fingerprint density at radius 1 is 1.22 bits per heavy atom. The molecule has 0 saturated carbocycles. The highest BCUT2D eigenvalue weighted by molar-refractivity contribution is 7.99. The molecular formula is C21H20N2O2S2. The van der Waals surface area contributed by atoms with Gasteiger partial charge in [-0.25, -0.2) is 9.78 Å². The second kappa shape index (κ2) is 8.50. The predicted octanol–water partition coefficient (Wildman–Crippen LogP) is 5.52. The summed E-state index contributed by atoms with van der Waals surface area (Å²) in [7, 11) is 1.76. The maximum Gasteiger partial charge on any atom is 0.347 e. The molecule has 0 atom stereocenters. The van der Waals surface area contributed by atoms with E-state index in [2.05, 4.69) is 53.3 Å². The van der Waals surface area contributed by atoms with Gasteiger partial charge in [-0.15, -0.1) is 11.3 Å². The van der Waals surface area contributed by atoms with Crippen LogP contribution in [0.4, 0.5) is 0 Å². The van der Waals surface area contributed by atoms with Gasteiger partial charge in [0.1, 0.15) is 9.88 Å². The van der Waals surface area contributed by atoms with E-state index in [9.17, 15) is 9.90 Å².